The van der Waals surface area contributed by atoms with E-state index in [0.29, 0.717) is 17.3 Å². The molecule has 6 nitrogen and oxygen atoms in total. The zero-order valence-corrected chi connectivity index (χ0v) is 13.3. The fourth-order valence-electron chi connectivity index (χ4n) is 1.98. The number of aliphatic hydroxyl groups is 1. The number of aromatic nitrogens is 4. The zero-order chi connectivity index (χ0) is 14.5. The molecule has 0 radical (unpaired) electrons. The van der Waals surface area contributed by atoms with Crippen molar-refractivity contribution >= 4 is 23.6 Å². The second-order valence-electron chi connectivity index (χ2n) is 4.59. The number of rotatable bonds is 7. The highest BCUT2D eigenvalue weighted by atomic mass is 32.1. The molecule has 0 amide bonds. The van der Waals surface area contributed by atoms with Crippen LogP contribution in [0.1, 0.15) is 24.2 Å². The molecule has 0 spiro atoms. The molecular formula is C12H19N5OS2. The maximum Gasteiger partial charge on any atom is 0.199 e. The molecule has 0 aliphatic heterocycles. The molecule has 8 heteroatoms. The van der Waals surface area contributed by atoms with Gasteiger partial charge in [0.15, 0.2) is 10.6 Å². The largest absolute Gasteiger partial charge is 0.388 e. The topological polar surface area (TPSA) is 59.1 Å². The molecule has 0 aliphatic carbocycles. The Hall–Kier alpha value is -1.09. The first-order chi connectivity index (χ1) is 9.65. The molecule has 0 fully saturated rings. The second-order valence-corrected chi connectivity index (χ2v) is 5.93. The highest BCUT2D eigenvalue weighted by molar-refractivity contribution is 7.71. The van der Waals surface area contributed by atoms with Crippen molar-refractivity contribution < 1.29 is 5.11 Å². The molecule has 110 valence electrons. The lowest BCUT2D eigenvalue weighted by atomic mass is 10.4. The van der Waals surface area contributed by atoms with E-state index in [4.69, 9.17) is 12.2 Å². The summed E-state index contributed by atoms with van der Waals surface area (Å²) in [5, 5.41) is 16.8. The number of hydrogen-bond acceptors (Lipinski definition) is 6. The van der Waals surface area contributed by atoms with Crippen molar-refractivity contribution in [1.82, 2.24) is 24.2 Å². The van der Waals surface area contributed by atoms with Crippen molar-refractivity contribution in [3.8, 4) is 0 Å². The summed E-state index contributed by atoms with van der Waals surface area (Å²) in [6, 6.07) is 0. The van der Waals surface area contributed by atoms with Crippen molar-refractivity contribution in [1.29, 1.82) is 0 Å². The van der Waals surface area contributed by atoms with Crippen LogP contribution in [0.25, 0.3) is 0 Å². The molecule has 20 heavy (non-hydrogen) atoms. The number of hydrogen-bond donors (Lipinski definition) is 1. The summed E-state index contributed by atoms with van der Waals surface area (Å²) < 4.78 is 4.30. The zero-order valence-electron chi connectivity index (χ0n) is 11.7. The summed E-state index contributed by atoms with van der Waals surface area (Å²) in [5.41, 5.74) is 0. The van der Waals surface area contributed by atoms with Gasteiger partial charge in [0.1, 0.15) is 11.6 Å². The van der Waals surface area contributed by atoms with Gasteiger partial charge in [0.25, 0.3) is 0 Å². The van der Waals surface area contributed by atoms with Gasteiger partial charge in [-0.2, -0.15) is 5.10 Å². The van der Waals surface area contributed by atoms with E-state index in [2.05, 4.69) is 21.9 Å². The summed E-state index contributed by atoms with van der Waals surface area (Å²) >= 11 is 7.06. The van der Waals surface area contributed by atoms with E-state index in [1.807, 2.05) is 17.0 Å². The van der Waals surface area contributed by atoms with Crippen LogP contribution < -0.4 is 0 Å². The van der Waals surface area contributed by atoms with Gasteiger partial charge in [-0.3, -0.25) is 4.90 Å². The summed E-state index contributed by atoms with van der Waals surface area (Å²) in [5.74, 6) is 0.625. The predicted octanol–water partition coefficient (Wildman–Crippen LogP) is 1.86. The third-order valence-electron chi connectivity index (χ3n) is 2.85. The molecule has 2 aromatic heterocycles. The third-order valence-corrected chi connectivity index (χ3v) is 4.05. The number of thiazole rings is 1. The Labute approximate surface area is 127 Å². The fraction of sp³-hybridized carbons (Fsp3) is 0.583. The fourth-order valence-corrected chi connectivity index (χ4v) is 2.97. The number of aliphatic hydroxyl groups excluding tert-OH is 1. The molecule has 0 atom stereocenters. The van der Waals surface area contributed by atoms with Crippen LogP contribution in [-0.2, 0) is 26.4 Å². The summed E-state index contributed by atoms with van der Waals surface area (Å²) in [7, 11) is 2.00. The van der Waals surface area contributed by atoms with Crippen LogP contribution in [0.3, 0.4) is 0 Å². The van der Waals surface area contributed by atoms with Crippen molar-refractivity contribution in [2.24, 2.45) is 0 Å². The first-order valence-corrected chi connectivity index (χ1v) is 7.78. The van der Waals surface area contributed by atoms with Crippen LogP contribution in [0.2, 0.25) is 0 Å². The van der Waals surface area contributed by atoms with Crippen molar-refractivity contribution in [2.45, 2.75) is 39.7 Å². The maximum absolute atomic E-state index is 9.36. The van der Waals surface area contributed by atoms with E-state index in [0.717, 1.165) is 24.5 Å². The average Bonchev–Trinajstić information content (AvgIpc) is 3.02. The number of nitrogens with zero attached hydrogens (tertiary/aromatic N) is 5. The average molecular weight is 313 g/mol. The highest BCUT2D eigenvalue weighted by Gasteiger charge is 2.11. The van der Waals surface area contributed by atoms with Crippen LogP contribution in [-0.4, -0.2) is 36.4 Å². The molecule has 2 rings (SSSR count). The minimum absolute atomic E-state index is 0.0904. The lowest BCUT2D eigenvalue weighted by Gasteiger charge is -2.14. The van der Waals surface area contributed by atoms with Crippen molar-refractivity contribution in [3.05, 3.63) is 27.2 Å². The summed E-state index contributed by atoms with van der Waals surface area (Å²) in [6.45, 7) is 4.11. The molecule has 2 aromatic rings. The van der Waals surface area contributed by atoms with Crippen molar-refractivity contribution in [2.75, 3.05) is 7.05 Å². The lowest BCUT2D eigenvalue weighted by molar-refractivity contribution is 0.238. The minimum atomic E-state index is -0.0904. The molecule has 2 heterocycles. The van der Waals surface area contributed by atoms with Crippen molar-refractivity contribution in [3.63, 3.8) is 0 Å². The van der Waals surface area contributed by atoms with E-state index in [1.54, 1.807) is 22.2 Å². The Balaban J connectivity index is 2.10. The minimum Gasteiger partial charge on any atom is -0.388 e. The molecule has 0 saturated heterocycles. The Morgan fingerprint density at radius 3 is 2.90 bits per heavy atom. The summed E-state index contributed by atoms with van der Waals surface area (Å²) in [6.07, 6.45) is 2.77. The predicted molar refractivity (Wildman–Crippen MR) is 80.8 cm³/mol. The van der Waals surface area contributed by atoms with E-state index >= 15 is 0 Å². The second kappa shape index (κ2) is 7.07. The monoisotopic (exact) mass is 313 g/mol. The van der Waals surface area contributed by atoms with Gasteiger partial charge in [0.05, 0.1) is 13.2 Å². The normalized spacial score (nSPS) is 11.4. The van der Waals surface area contributed by atoms with E-state index in [-0.39, 0.29) is 6.61 Å². The van der Waals surface area contributed by atoms with Gasteiger partial charge in [0.2, 0.25) is 0 Å². The lowest BCUT2D eigenvalue weighted by Crippen LogP contribution is -2.22. The molecule has 0 saturated carbocycles. The van der Waals surface area contributed by atoms with Crippen LogP contribution in [0.5, 0.6) is 0 Å². The van der Waals surface area contributed by atoms with Crippen LogP contribution >= 0.6 is 23.6 Å². The Morgan fingerprint density at radius 1 is 1.50 bits per heavy atom. The first-order valence-electron chi connectivity index (χ1n) is 6.50. The van der Waals surface area contributed by atoms with Gasteiger partial charge >= 0.3 is 0 Å². The molecule has 0 aromatic carbocycles. The third kappa shape index (κ3) is 3.51. The SMILES string of the molecule is CCCn1c(CO)nn(CN(C)Cc2nccs2)c1=S. The Kier molecular flexibility index (Phi) is 5.41. The van der Waals surface area contributed by atoms with Crippen LogP contribution in [0.4, 0.5) is 0 Å². The quantitative estimate of drug-likeness (QED) is 0.791. The molecule has 1 N–H and O–H groups in total. The maximum atomic E-state index is 9.36. The van der Waals surface area contributed by atoms with Gasteiger partial charge < -0.3 is 9.67 Å². The molecular weight excluding hydrogens is 294 g/mol. The van der Waals surface area contributed by atoms with E-state index in [9.17, 15) is 5.11 Å². The first kappa shape index (κ1) is 15.3. The van der Waals surface area contributed by atoms with Gasteiger partial charge in [0, 0.05) is 18.1 Å². The van der Waals surface area contributed by atoms with E-state index < -0.39 is 0 Å². The standard InChI is InChI=1S/C12H19N5OS2/c1-3-5-16-10(8-18)14-17(12(16)19)9-15(2)7-11-13-4-6-20-11/h4,6,18H,3,5,7-9H2,1-2H3. The van der Waals surface area contributed by atoms with Crippen LogP contribution in [0.15, 0.2) is 11.6 Å². The van der Waals surface area contributed by atoms with Gasteiger partial charge in [-0.15, -0.1) is 11.3 Å². The van der Waals surface area contributed by atoms with Gasteiger partial charge in [-0.1, -0.05) is 6.92 Å². The Bertz CT molecular complexity index is 590. The Morgan fingerprint density at radius 2 is 2.30 bits per heavy atom. The molecule has 0 bridgehead atoms. The molecule has 0 unspecified atom stereocenters. The van der Waals surface area contributed by atoms with Gasteiger partial charge in [-0.25, -0.2) is 9.67 Å². The van der Waals surface area contributed by atoms with Crippen LogP contribution in [0, 0.1) is 4.77 Å². The molecule has 0 aliphatic rings. The van der Waals surface area contributed by atoms with E-state index in [1.165, 1.54) is 0 Å². The summed E-state index contributed by atoms with van der Waals surface area (Å²) in [4.78, 5) is 6.36. The van der Waals surface area contributed by atoms with Gasteiger partial charge in [-0.05, 0) is 25.7 Å². The smallest absolute Gasteiger partial charge is 0.199 e. The highest BCUT2D eigenvalue weighted by Crippen LogP contribution is 2.09.